The number of halogens is 2. The fraction of sp³-hybridized carbons (Fsp3) is 0. The molecule has 0 unspecified atom stereocenters. The second-order valence-corrected chi connectivity index (χ2v) is 5.79. The van der Waals surface area contributed by atoms with E-state index in [9.17, 15) is 0 Å². The molecule has 4 heteroatoms. The van der Waals surface area contributed by atoms with Crippen LogP contribution in [0, 0.1) is 7.40 Å². The van der Waals surface area contributed by atoms with Crippen LogP contribution < -0.4 is 0 Å². The first-order chi connectivity index (χ1) is 8.27. The molecule has 17 heavy (non-hydrogen) atoms. The van der Waals surface area contributed by atoms with Crippen LogP contribution in [0.3, 0.4) is 0 Å². The Bertz CT molecular complexity index is 674. The van der Waals surface area contributed by atoms with Gasteiger partial charge in [-0.05, 0) is 57.3 Å². The SMILES string of the molecule is Ic1cccc2nc(-c3ccccc3)c(I)n12. The van der Waals surface area contributed by atoms with Gasteiger partial charge in [0.1, 0.15) is 15.0 Å². The second kappa shape index (κ2) is 4.56. The molecule has 0 atom stereocenters. The monoisotopic (exact) mass is 446 g/mol. The van der Waals surface area contributed by atoms with Crippen molar-refractivity contribution in [2.45, 2.75) is 0 Å². The predicted molar refractivity (Wildman–Crippen MR) is 86.1 cm³/mol. The van der Waals surface area contributed by atoms with Gasteiger partial charge in [0.25, 0.3) is 0 Å². The molecule has 84 valence electrons. The maximum Gasteiger partial charge on any atom is 0.139 e. The summed E-state index contributed by atoms with van der Waals surface area (Å²) in [6, 6.07) is 16.5. The summed E-state index contributed by atoms with van der Waals surface area (Å²) in [6.07, 6.45) is 0. The highest BCUT2D eigenvalue weighted by Crippen LogP contribution is 2.26. The third-order valence-corrected chi connectivity index (χ3v) is 4.42. The fourth-order valence-electron chi connectivity index (χ4n) is 1.80. The number of hydrogen-bond donors (Lipinski definition) is 0. The summed E-state index contributed by atoms with van der Waals surface area (Å²) < 4.78 is 4.51. The number of nitrogens with zero attached hydrogens (tertiary/aromatic N) is 2. The minimum Gasteiger partial charge on any atom is -0.282 e. The van der Waals surface area contributed by atoms with Gasteiger partial charge < -0.3 is 0 Å². The van der Waals surface area contributed by atoms with E-state index < -0.39 is 0 Å². The smallest absolute Gasteiger partial charge is 0.139 e. The normalized spacial score (nSPS) is 10.9. The van der Waals surface area contributed by atoms with Crippen LogP contribution >= 0.6 is 45.2 Å². The molecule has 3 rings (SSSR count). The van der Waals surface area contributed by atoms with Gasteiger partial charge in [-0.3, -0.25) is 4.40 Å². The molecule has 2 aromatic heterocycles. The van der Waals surface area contributed by atoms with Gasteiger partial charge in [0, 0.05) is 5.56 Å². The van der Waals surface area contributed by atoms with Crippen molar-refractivity contribution in [1.29, 1.82) is 0 Å². The highest BCUT2D eigenvalue weighted by atomic mass is 127. The maximum absolute atomic E-state index is 4.69. The van der Waals surface area contributed by atoms with Crippen LogP contribution in [0.25, 0.3) is 16.9 Å². The van der Waals surface area contributed by atoms with Crippen LogP contribution in [0.1, 0.15) is 0 Å². The summed E-state index contributed by atoms with van der Waals surface area (Å²) in [5, 5.41) is 0. The molecule has 0 fully saturated rings. The average Bonchev–Trinajstić information content (AvgIpc) is 2.69. The number of fused-ring (bicyclic) bond motifs is 1. The van der Waals surface area contributed by atoms with Crippen LogP contribution in [0.15, 0.2) is 48.5 Å². The first-order valence-electron chi connectivity index (χ1n) is 5.15. The van der Waals surface area contributed by atoms with E-state index in [2.05, 4.69) is 67.8 Å². The van der Waals surface area contributed by atoms with Crippen molar-refractivity contribution in [1.82, 2.24) is 9.38 Å². The van der Waals surface area contributed by atoms with Crippen molar-refractivity contribution in [2.24, 2.45) is 0 Å². The number of rotatable bonds is 1. The lowest BCUT2D eigenvalue weighted by molar-refractivity contribution is 1.11. The largest absolute Gasteiger partial charge is 0.282 e. The lowest BCUT2D eigenvalue weighted by Gasteiger charge is -1.99. The molecule has 0 amide bonds. The highest BCUT2D eigenvalue weighted by molar-refractivity contribution is 14.1. The van der Waals surface area contributed by atoms with E-state index in [0.29, 0.717) is 0 Å². The van der Waals surface area contributed by atoms with E-state index in [1.54, 1.807) is 0 Å². The fourth-order valence-corrected chi connectivity index (χ4v) is 3.90. The van der Waals surface area contributed by atoms with Gasteiger partial charge in [0.15, 0.2) is 0 Å². The van der Waals surface area contributed by atoms with E-state index in [4.69, 9.17) is 4.98 Å². The van der Waals surface area contributed by atoms with Crippen molar-refractivity contribution >= 4 is 50.8 Å². The van der Waals surface area contributed by atoms with Gasteiger partial charge in [-0.15, -0.1) is 0 Å². The Morgan fingerprint density at radius 2 is 1.65 bits per heavy atom. The number of imidazole rings is 1. The molecule has 0 radical (unpaired) electrons. The molecule has 0 aliphatic rings. The van der Waals surface area contributed by atoms with Crippen LogP contribution in [-0.4, -0.2) is 9.38 Å². The molecule has 0 aliphatic carbocycles. The quantitative estimate of drug-likeness (QED) is 0.405. The third-order valence-electron chi connectivity index (χ3n) is 2.59. The van der Waals surface area contributed by atoms with Crippen molar-refractivity contribution in [3.8, 4) is 11.3 Å². The minimum absolute atomic E-state index is 1.00. The number of hydrogen-bond acceptors (Lipinski definition) is 1. The number of aromatic nitrogens is 2. The van der Waals surface area contributed by atoms with Gasteiger partial charge in [0.2, 0.25) is 0 Å². The molecule has 0 saturated heterocycles. The lowest BCUT2D eigenvalue weighted by atomic mass is 10.2. The average molecular weight is 446 g/mol. The van der Waals surface area contributed by atoms with Crippen molar-refractivity contribution in [3.05, 3.63) is 55.9 Å². The zero-order chi connectivity index (χ0) is 11.8. The molecule has 0 aliphatic heterocycles. The van der Waals surface area contributed by atoms with Crippen LogP contribution in [0.4, 0.5) is 0 Å². The van der Waals surface area contributed by atoms with E-state index in [0.717, 1.165) is 20.6 Å². The van der Waals surface area contributed by atoms with Crippen molar-refractivity contribution in [3.63, 3.8) is 0 Å². The Kier molecular flexibility index (Phi) is 3.08. The Balaban J connectivity index is 2.33. The van der Waals surface area contributed by atoms with Gasteiger partial charge in [-0.1, -0.05) is 36.4 Å². The Labute approximate surface area is 126 Å². The van der Waals surface area contributed by atoms with E-state index >= 15 is 0 Å². The molecule has 1 aromatic carbocycles. The zero-order valence-corrected chi connectivity index (χ0v) is 13.1. The van der Waals surface area contributed by atoms with Gasteiger partial charge >= 0.3 is 0 Å². The first-order valence-corrected chi connectivity index (χ1v) is 7.31. The van der Waals surface area contributed by atoms with Crippen LogP contribution in [0.2, 0.25) is 0 Å². The molecule has 0 saturated carbocycles. The molecule has 3 aromatic rings. The van der Waals surface area contributed by atoms with Crippen LogP contribution in [-0.2, 0) is 0 Å². The number of pyridine rings is 1. The molecule has 2 heterocycles. The highest BCUT2D eigenvalue weighted by Gasteiger charge is 2.12. The summed E-state index contributed by atoms with van der Waals surface area (Å²) >= 11 is 4.69. The Morgan fingerprint density at radius 3 is 2.35 bits per heavy atom. The topological polar surface area (TPSA) is 17.3 Å². The van der Waals surface area contributed by atoms with Gasteiger partial charge in [-0.25, -0.2) is 4.98 Å². The second-order valence-electron chi connectivity index (χ2n) is 3.66. The van der Waals surface area contributed by atoms with E-state index in [-0.39, 0.29) is 0 Å². The minimum atomic E-state index is 1.00. The summed E-state index contributed by atoms with van der Waals surface area (Å²) in [6.45, 7) is 0. The zero-order valence-electron chi connectivity index (χ0n) is 8.77. The predicted octanol–water partition coefficient (Wildman–Crippen LogP) is 4.21. The lowest BCUT2D eigenvalue weighted by Crippen LogP contribution is -1.92. The molecular formula is C13H8I2N2. The van der Waals surface area contributed by atoms with E-state index in [1.807, 2.05) is 30.3 Å². The number of benzene rings is 1. The molecule has 0 bridgehead atoms. The molecule has 2 nitrogen and oxygen atoms in total. The third kappa shape index (κ3) is 1.97. The molecule has 0 N–H and O–H groups in total. The standard InChI is InChI=1S/C13H8I2N2/c14-10-7-4-8-11-16-12(13(15)17(10)11)9-5-2-1-3-6-9/h1-8H. The maximum atomic E-state index is 4.69. The van der Waals surface area contributed by atoms with Crippen molar-refractivity contribution < 1.29 is 0 Å². The van der Waals surface area contributed by atoms with Gasteiger partial charge in [0.05, 0.1) is 3.70 Å². The molecule has 0 spiro atoms. The Morgan fingerprint density at radius 1 is 0.882 bits per heavy atom. The van der Waals surface area contributed by atoms with E-state index in [1.165, 1.54) is 3.70 Å². The summed E-state index contributed by atoms with van der Waals surface area (Å²) in [4.78, 5) is 4.69. The summed E-state index contributed by atoms with van der Waals surface area (Å²) in [5.74, 6) is 0. The first kappa shape index (κ1) is 11.5. The molecular weight excluding hydrogens is 438 g/mol. The Hall–Kier alpha value is -0.630. The van der Waals surface area contributed by atoms with Crippen molar-refractivity contribution in [2.75, 3.05) is 0 Å². The summed E-state index contributed by atoms with van der Waals surface area (Å²) in [7, 11) is 0. The summed E-state index contributed by atoms with van der Waals surface area (Å²) in [5.41, 5.74) is 3.21. The van der Waals surface area contributed by atoms with Gasteiger partial charge in [-0.2, -0.15) is 0 Å². The van der Waals surface area contributed by atoms with Crippen LogP contribution in [0.5, 0.6) is 0 Å².